The average Bonchev–Trinajstić information content (AvgIpc) is 2.55. The molecule has 0 bridgehead atoms. The maximum atomic E-state index is 5.47. The number of aliphatic imine (C=N–C) groups is 1. The summed E-state index contributed by atoms with van der Waals surface area (Å²) in [4.78, 5) is 4.77. The highest BCUT2D eigenvalue weighted by Crippen LogP contribution is 2.23. The van der Waals surface area contributed by atoms with E-state index >= 15 is 0 Å². The molecule has 0 rings (SSSR count). The molecule has 0 heterocycles. The smallest absolute Gasteiger partial charge is 0.191 e. The van der Waals surface area contributed by atoms with Crippen LogP contribution in [-0.2, 0) is 9.47 Å². The Bertz CT molecular complexity index is 313. The first kappa shape index (κ1) is 27.1. The lowest BCUT2D eigenvalue weighted by molar-refractivity contribution is 0.0689. The number of rotatable bonds is 15. The summed E-state index contributed by atoms with van der Waals surface area (Å²) in [6.07, 6.45) is 7.27. The van der Waals surface area contributed by atoms with Crippen LogP contribution in [0.2, 0.25) is 0 Å². The highest BCUT2D eigenvalue weighted by molar-refractivity contribution is 14.0. The number of unbranched alkanes of at least 4 members (excludes halogenated alkanes) is 3. The molecule has 0 atom stereocenters. The Labute approximate surface area is 173 Å². The van der Waals surface area contributed by atoms with Gasteiger partial charge in [0.25, 0.3) is 0 Å². The average molecular weight is 471 g/mol. The van der Waals surface area contributed by atoms with E-state index in [-0.39, 0.29) is 29.4 Å². The number of hydrogen-bond donors (Lipinski definition) is 2. The van der Waals surface area contributed by atoms with Crippen molar-refractivity contribution in [2.75, 3.05) is 46.6 Å². The zero-order chi connectivity index (χ0) is 18.1. The van der Waals surface area contributed by atoms with Crippen molar-refractivity contribution in [3.05, 3.63) is 0 Å². The Morgan fingerprint density at radius 3 is 2.36 bits per heavy atom. The number of nitrogens with one attached hydrogen (secondary N) is 2. The van der Waals surface area contributed by atoms with Gasteiger partial charge in [-0.3, -0.25) is 4.99 Å². The minimum atomic E-state index is 0. The zero-order valence-electron chi connectivity index (χ0n) is 17.2. The van der Waals surface area contributed by atoms with Gasteiger partial charge in [-0.2, -0.15) is 0 Å². The third-order valence-corrected chi connectivity index (χ3v) is 3.91. The van der Waals surface area contributed by atoms with E-state index in [2.05, 4.69) is 38.3 Å². The molecule has 0 radical (unpaired) electrons. The molecule has 0 spiro atoms. The fourth-order valence-corrected chi connectivity index (χ4v) is 2.35. The number of ether oxygens (including phenoxy) is 2. The molecule has 0 aliphatic heterocycles. The van der Waals surface area contributed by atoms with Gasteiger partial charge in [0, 0.05) is 33.4 Å². The van der Waals surface area contributed by atoms with Crippen LogP contribution < -0.4 is 10.6 Å². The molecule has 0 aromatic rings. The van der Waals surface area contributed by atoms with Gasteiger partial charge in [0.15, 0.2) is 5.96 Å². The van der Waals surface area contributed by atoms with Crippen molar-refractivity contribution >= 4 is 29.9 Å². The van der Waals surface area contributed by atoms with Gasteiger partial charge >= 0.3 is 0 Å². The third kappa shape index (κ3) is 18.5. The Hall–Kier alpha value is -0.0800. The number of hydrogen-bond acceptors (Lipinski definition) is 3. The second kappa shape index (κ2) is 18.7. The predicted octanol–water partition coefficient (Wildman–Crippen LogP) is 4.21. The largest absolute Gasteiger partial charge is 0.382 e. The van der Waals surface area contributed by atoms with Crippen LogP contribution in [0, 0.1) is 5.41 Å². The second-order valence-electron chi connectivity index (χ2n) is 7.06. The molecule has 0 aromatic heterocycles. The summed E-state index contributed by atoms with van der Waals surface area (Å²) in [5.41, 5.74) is 0.271. The van der Waals surface area contributed by atoms with Crippen molar-refractivity contribution in [1.29, 1.82) is 0 Å². The van der Waals surface area contributed by atoms with Crippen LogP contribution in [0.15, 0.2) is 4.99 Å². The van der Waals surface area contributed by atoms with E-state index in [1.54, 1.807) is 7.11 Å². The standard InChI is InChI=1S/C19H41N3O2.HI/c1-6-8-9-12-19(3,4)17-22-18(20-7-2)21-13-10-11-14-24-16-15-23-5;/h6-17H2,1-5H3,(H2,20,21,22);1H. The summed E-state index contributed by atoms with van der Waals surface area (Å²) in [6, 6.07) is 0. The Morgan fingerprint density at radius 2 is 1.72 bits per heavy atom. The third-order valence-electron chi connectivity index (χ3n) is 3.91. The molecule has 0 aliphatic rings. The number of methoxy groups -OCH3 is 1. The van der Waals surface area contributed by atoms with Crippen molar-refractivity contribution in [3.8, 4) is 0 Å². The van der Waals surface area contributed by atoms with E-state index in [9.17, 15) is 0 Å². The lowest BCUT2D eigenvalue weighted by Crippen LogP contribution is -2.38. The topological polar surface area (TPSA) is 54.9 Å². The van der Waals surface area contributed by atoms with E-state index in [4.69, 9.17) is 14.5 Å². The first-order chi connectivity index (χ1) is 11.6. The van der Waals surface area contributed by atoms with E-state index in [1.807, 2.05) is 0 Å². The van der Waals surface area contributed by atoms with Crippen molar-refractivity contribution in [1.82, 2.24) is 10.6 Å². The lowest BCUT2D eigenvalue weighted by atomic mass is 9.87. The summed E-state index contributed by atoms with van der Waals surface area (Å²) < 4.78 is 10.4. The molecule has 0 saturated heterocycles. The lowest BCUT2D eigenvalue weighted by Gasteiger charge is -2.23. The van der Waals surface area contributed by atoms with E-state index in [0.29, 0.717) is 13.2 Å². The summed E-state index contributed by atoms with van der Waals surface area (Å²) in [5, 5.41) is 6.75. The van der Waals surface area contributed by atoms with Gasteiger partial charge < -0.3 is 20.1 Å². The molecule has 0 fully saturated rings. The minimum Gasteiger partial charge on any atom is -0.382 e. The second-order valence-corrected chi connectivity index (χ2v) is 7.06. The maximum Gasteiger partial charge on any atom is 0.191 e. The van der Waals surface area contributed by atoms with E-state index in [0.717, 1.165) is 45.0 Å². The van der Waals surface area contributed by atoms with Gasteiger partial charge in [-0.1, -0.05) is 40.0 Å². The van der Waals surface area contributed by atoms with Gasteiger partial charge in [0.2, 0.25) is 0 Å². The van der Waals surface area contributed by atoms with Crippen LogP contribution in [-0.4, -0.2) is 52.5 Å². The fourth-order valence-electron chi connectivity index (χ4n) is 2.35. The van der Waals surface area contributed by atoms with Crippen molar-refractivity contribution < 1.29 is 9.47 Å². The van der Waals surface area contributed by atoms with Crippen LogP contribution in [0.5, 0.6) is 0 Å². The normalized spacial score (nSPS) is 12.0. The molecular weight excluding hydrogens is 429 g/mol. The number of nitrogens with zero attached hydrogens (tertiary/aromatic N) is 1. The quantitative estimate of drug-likeness (QED) is 0.163. The van der Waals surface area contributed by atoms with Crippen LogP contribution in [0.3, 0.4) is 0 Å². The SMILES string of the molecule is CCCCCC(C)(C)CN=C(NCC)NCCCCOCCOC.I. The monoisotopic (exact) mass is 471 g/mol. The fraction of sp³-hybridized carbons (Fsp3) is 0.947. The van der Waals surface area contributed by atoms with Crippen molar-refractivity contribution in [2.24, 2.45) is 10.4 Å². The van der Waals surface area contributed by atoms with Crippen LogP contribution >= 0.6 is 24.0 Å². The molecule has 25 heavy (non-hydrogen) atoms. The Balaban J connectivity index is 0. The number of guanidine groups is 1. The van der Waals surface area contributed by atoms with E-state index < -0.39 is 0 Å². The molecule has 6 heteroatoms. The molecule has 2 N–H and O–H groups in total. The van der Waals surface area contributed by atoms with Gasteiger partial charge in [-0.15, -0.1) is 24.0 Å². The predicted molar refractivity (Wildman–Crippen MR) is 119 cm³/mol. The molecule has 0 unspecified atom stereocenters. The summed E-state index contributed by atoms with van der Waals surface area (Å²) in [7, 11) is 1.69. The van der Waals surface area contributed by atoms with Crippen molar-refractivity contribution in [3.63, 3.8) is 0 Å². The molecule has 0 amide bonds. The molecule has 0 aliphatic carbocycles. The Kier molecular flexibility index (Phi) is 20.3. The highest BCUT2D eigenvalue weighted by atomic mass is 127. The zero-order valence-corrected chi connectivity index (χ0v) is 19.5. The molecule has 5 nitrogen and oxygen atoms in total. The number of halogens is 1. The minimum absolute atomic E-state index is 0. The summed E-state index contributed by atoms with van der Waals surface area (Å²) in [6.45, 7) is 13.8. The molecular formula is C19H42IN3O2. The van der Waals surface area contributed by atoms with Crippen LogP contribution in [0.4, 0.5) is 0 Å². The summed E-state index contributed by atoms with van der Waals surface area (Å²) in [5.74, 6) is 0.932. The van der Waals surface area contributed by atoms with Gasteiger partial charge in [-0.05, 0) is 31.6 Å². The first-order valence-electron chi connectivity index (χ1n) is 9.64. The molecule has 0 aromatic carbocycles. The Morgan fingerprint density at radius 1 is 0.960 bits per heavy atom. The van der Waals surface area contributed by atoms with E-state index in [1.165, 1.54) is 25.7 Å². The molecule has 0 saturated carbocycles. The van der Waals surface area contributed by atoms with Gasteiger partial charge in [0.1, 0.15) is 0 Å². The summed E-state index contributed by atoms with van der Waals surface area (Å²) >= 11 is 0. The van der Waals surface area contributed by atoms with Crippen LogP contribution in [0.25, 0.3) is 0 Å². The van der Waals surface area contributed by atoms with Gasteiger partial charge in [-0.25, -0.2) is 0 Å². The first-order valence-corrected chi connectivity index (χ1v) is 9.64. The van der Waals surface area contributed by atoms with Gasteiger partial charge in [0.05, 0.1) is 13.2 Å². The van der Waals surface area contributed by atoms with Crippen molar-refractivity contribution in [2.45, 2.75) is 66.2 Å². The highest BCUT2D eigenvalue weighted by Gasteiger charge is 2.16. The van der Waals surface area contributed by atoms with Crippen LogP contribution in [0.1, 0.15) is 66.2 Å². The molecule has 152 valence electrons. The maximum absolute atomic E-state index is 5.47.